The molecule has 0 bridgehead atoms. The van der Waals surface area contributed by atoms with Gasteiger partial charge in [0.1, 0.15) is 24.3 Å². The molecule has 8 nitrogen and oxygen atoms in total. The smallest absolute Gasteiger partial charge is 0.125 e. The Morgan fingerprint density at radius 1 is 0.579 bits per heavy atom. The third-order valence-corrected chi connectivity index (χ3v) is 6.10. The van der Waals surface area contributed by atoms with Crippen LogP contribution in [0, 0.1) is 10.8 Å². The Labute approximate surface area is 242 Å². The maximum absolute atomic E-state index is 7.81. The van der Waals surface area contributed by atoms with Crippen LogP contribution < -0.4 is 11.5 Å². The first kappa shape index (κ1) is 30.4. The number of benzene rings is 4. The van der Waals surface area contributed by atoms with E-state index in [1.54, 1.807) is 12.7 Å². The van der Waals surface area contributed by atoms with Gasteiger partial charge < -0.3 is 11.5 Å². The van der Waals surface area contributed by atoms with Crippen molar-refractivity contribution in [3.05, 3.63) is 96.6 Å². The van der Waals surface area contributed by atoms with Crippen LogP contribution >= 0.6 is 49.6 Å². The minimum atomic E-state index is 0. The molecule has 0 amide bonds. The summed E-state index contributed by atoms with van der Waals surface area (Å²) in [6, 6.07) is 23.8. The van der Waals surface area contributed by atoms with Gasteiger partial charge in [-0.2, -0.15) is 0 Å². The Bertz CT molecular complexity index is 1660. The highest BCUT2D eigenvalue weighted by atomic mass is 35.5. The van der Waals surface area contributed by atoms with E-state index >= 15 is 0 Å². The van der Waals surface area contributed by atoms with Gasteiger partial charge >= 0.3 is 0 Å². The quantitative estimate of drug-likeness (QED) is 0.153. The number of halogens is 4. The van der Waals surface area contributed by atoms with E-state index in [0.717, 1.165) is 33.2 Å². The molecule has 0 aliphatic heterocycles. The van der Waals surface area contributed by atoms with Crippen molar-refractivity contribution in [3.8, 4) is 11.4 Å². The van der Waals surface area contributed by atoms with Crippen LogP contribution in [0.2, 0.25) is 0 Å². The van der Waals surface area contributed by atoms with Gasteiger partial charge in [0.05, 0.1) is 22.1 Å². The highest BCUT2D eigenvalue weighted by molar-refractivity contribution is 6.06. The maximum Gasteiger partial charge on any atom is 0.125 e. The van der Waals surface area contributed by atoms with Crippen molar-refractivity contribution in [2.45, 2.75) is 0 Å². The van der Waals surface area contributed by atoms with Gasteiger partial charge in [0.15, 0.2) is 0 Å². The summed E-state index contributed by atoms with van der Waals surface area (Å²) in [5.74, 6) is 0.00804. The number of para-hydroxylation sites is 2. The van der Waals surface area contributed by atoms with Crippen LogP contribution in [-0.2, 0) is 0 Å². The molecule has 2 heterocycles. The van der Waals surface area contributed by atoms with Crippen LogP contribution in [-0.4, -0.2) is 30.8 Å². The summed E-state index contributed by atoms with van der Waals surface area (Å²) in [6.07, 6.45) is 3.52. The summed E-state index contributed by atoms with van der Waals surface area (Å²) in [5, 5.41) is 17.8. The van der Waals surface area contributed by atoms with Crippen LogP contribution in [0.5, 0.6) is 0 Å². The highest BCUT2D eigenvalue weighted by Crippen LogP contribution is 2.27. The molecule has 12 heteroatoms. The summed E-state index contributed by atoms with van der Waals surface area (Å²) >= 11 is 0. The van der Waals surface area contributed by atoms with E-state index in [1.807, 2.05) is 57.7 Å². The molecule has 6 N–H and O–H groups in total. The Morgan fingerprint density at radius 2 is 0.974 bits per heavy atom. The lowest BCUT2D eigenvalue weighted by Crippen LogP contribution is -2.11. The Kier molecular flexibility index (Phi) is 9.37. The Morgan fingerprint density at radius 3 is 1.34 bits per heavy atom. The largest absolute Gasteiger partial charge is 0.384 e. The van der Waals surface area contributed by atoms with E-state index in [0.29, 0.717) is 22.2 Å². The van der Waals surface area contributed by atoms with Gasteiger partial charge in [0.2, 0.25) is 0 Å². The molecule has 6 rings (SSSR count). The predicted octanol–water partition coefficient (Wildman–Crippen LogP) is 5.77. The average Bonchev–Trinajstić information content (AvgIpc) is 3.47. The van der Waals surface area contributed by atoms with Crippen molar-refractivity contribution in [1.82, 2.24) is 19.1 Å². The van der Waals surface area contributed by atoms with E-state index in [2.05, 4.69) is 34.2 Å². The van der Waals surface area contributed by atoms with Crippen molar-refractivity contribution in [3.63, 3.8) is 0 Å². The minimum Gasteiger partial charge on any atom is -0.384 e. The molecule has 0 aliphatic rings. The second-order valence-electron chi connectivity index (χ2n) is 8.12. The van der Waals surface area contributed by atoms with E-state index in [-0.39, 0.29) is 61.3 Å². The standard InChI is InChI=1S/C26H20N8.4ClH/c27-25(28)19-3-1-5-21-23(19)31-13-33(21)17-9-7-16-12-18(10-8-15(16)11-17)34-14-32-24-20(26(29)30)4-2-6-22(24)34;;;;/h1-14H,(H3,27,28)(H3,29,30);4*1H. The van der Waals surface area contributed by atoms with E-state index in [9.17, 15) is 0 Å². The molecule has 38 heavy (non-hydrogen) atoms. The molecule has 196 valence electrons. The zero-order valence-corrected chi connectivity index (χ0v) is 22.9. The number of hydrogen-bond acceptors (Lipinski definition) is 4. The number of nitrogens with zero attached hydrogens (tertiary/aromatic N) is 4. The van der Waals surface area contributed by atoms with Crippen LogP contribution in [0.3, 0.4) is 0 Å². The average molecular weight is 590 g/mol. The molecular formula is C26H24Cl4N8. The van der Waals surface area contributed by atoms with Crippen LogP contribution in [0.1, 0.15) is 11.1 Å². The molecule has 0 aliphatic carbocycles. The summed E-state index contributed by atoms with van der Waals surface area (Å²) < 4.78 is 4.00. The molecule has 0 atom stereocenters. The fourth-order valence-electron chi connectivity index (χ4n) is 4.44. The zero-order valence-electron chi connectivity index (χ0n) is 19.7. The van der Waals surface area contributed by atoms with Gasteiger partial charge in [-0.1, -0.05) is 24.3 Å². The van der Waals surface area contributed by atoms with Crippen molar-refractivity contribution < 1.29 is 0 Å². The lowest BCUT2D eigenvalue weighted by Gasteiger charge is -2.10. The Balaban J connectivity index is 0.00000127. The number of nitrogens with two attached hydrogens (primary N) is 2. The number of aromatic nitrogens is 4. The number of imidazole rings is 2. The molecule has 0 spiro atoms. The number of amidine groups is 2. The number of nitrogen functional groups attached to an aromatic ring is 2. The normalized spacial score (nSPS) is 10.2. The summed E-state index contributed by atoms with van der Waals surface area (Å²) in [7, 11) is 0. The molecule has 0 unspecified atom stereocenters. The van der Waals surface area contributed by atoms with Crippen molar-refractivity contribution in [2.24, 2.45) is 11.5 Å². The number of nitrogens with one attached hydrogen (secondary N) is 2. The van der Waals surface area contributed by atoms with E-state index in [1.165, 1.54) is 0 Å². The summed E-state index contributed by atoms with van der Waals surface area (Å²) in [6.45, 7) is 0. The van der Waals surface area contributed by atoms with Crippen LogP contribution in [0.4, 0.5) is 0 Å². The first-order chi connectivity index (χ1) is 16.5. The third kappa shape index (κ3) is 4.87. The van der Waals surface area contributed by atoms with Crippen molar-refractivity contribution in [1.29, 1.82) is 10.8 Å². The molecule has 6 aromatic rings. The van der Waals surface area contributed by atoms with E-state index in [4.69, 9.17) is 22.3 Å². The molecular weight excluding hydrogens is 566 g/mol. The molecule has 4 aromatic carbocycles. The van der Waals surface area contributed by atoms with Gasteiger partial charge in [-0.05, 0) is 59.3 Å². The second-order valence-corrected chi connectivity index (χ2v) is 8.12. The van der Waals surface area contributed by atoms with Gasteiger partial charge in [-0.15, -0.1) is 49.6 Å². The summed E-state index contributed by atoms with van der Waals surface area (Å²) in [4.78, 5) is 9.00. The van der Waals surface area contributed by atoms with Gasteiger partial charge in [0.25, 0.3) is 0 Å². The first-order valence-corrected chi connectivity index (χ1v) is 10.7. The van der Waals surface area contributed by atoms with Gasteiger partial charge in [-0.3, -0.25) is 20.0 Å². The second kappa shape index (κ2) is 11.7. The minimum absolute atomic E-state index is 0. The summed E-state index contributed by atoms with van der Waals surface area (Å²) in [5.41, 5.74) is 17.9. The monoisotopic (exact) mass is 588 g/mol. The molecule has 0 saturated carbocycles. The predicted molar refractivity (Wildman–Crippen MR) is 164 cm³/mol. The zero-order chi connectivity index (χ0) is 23.4. The number of fused-ring (bicyclic) bond motifs is 3. The Hall–Kier alpha value is -3.82. The highest BCUT2D eigenvalue weighted by Gasteiger charge is 2.12. The number of hydrogen-bond donors (Lipinski definition) is 4. The van der Waals surface area contributed by atoms with Crippen LogP contribution in [0.15, 0.2) is 85.5 Å². The van der Waals surface area contributed by atoms with Crippen LogP contribution in [0.25, 0.3) is 44.2 Å². The number of rotatable bonds is 4. The van der Waals surface area contributed by atoms with Gasteiger partial charge in [-0.25, -0.2) is 9.97 Å². The van der Waals surface area contributed by atoms with Gasteiger partial charge in [0, 0.05) is 22.5 Å². The lowest BCUT2D eigenvalue weighted by atomic mass is 10.1. The fourth-order valence-corrected chi connectivity index (χ4v) is 4.44. The van der Waals surface area contributed by atoms with Crippen molar-refractivity contribution in [2.75, 3.05) is 0 Å². The SMILES string of the molecule is Cl.Cl.Cl.Cl.N=C(N)c1cccc2c1ncn2-c1ccc2cc(-n3cnc4c(C(=N)N)cccc43)ccc2c1. The third-order valence-electron chi connectivity index (χ3n) is 6.10. The lowest BCUT2D eigenvalue weighted by molar-refractivity contribution is 1.09. The molecule has 0 fully saturated rings. The first-order valence-electron chi connectivity index (χ1n) is 10.7. The fraction of sp³-hybridized carbons (Fsp3) is 0. The molecule has 0 saturated heterocycles. The molecule has 0 radical (unpaired) electrons. The molecule has 2 aromatic heterocycles. The van der Waals surface area contributed by atoms with E-state index < -0.39 is 0 Å². The maximum atomic E-state index is 7.81. The van der Waals surface area contributed by atoms with Crippen molar-refractivity contribution >= 4 is 94.1 Å². The topological polar surface area (TPSA) is 135 Å².